The normalized spacial score (nSPS) is 10.4. The van der Waals surface area contributed by atoms with Crippen LogP contribution in [0.2, 0.25) is 0 Å². The first-order chi connectivity index (χ1) is 8.52. The number of aromatic amines is 1. The van der Waals surface area contributed by atoms with Crippen molar-refractivity contribution in [2.45, 2.75) is 6.92 Å². The first-order valence-electron chi connectivity index (χ1n) is 5.16. The second kappa shape index (κ2) is 4.97. The number of H-pyrrole nitrogens is 1. The van der Waals surface area contributed by atoms with Crippen molar-refractivity contribution in [3.8, 4) is 23.0 Å². The number of methoxy groups -OCH3 is 1. The summed E-state index contributed by atoms with van der Waals surface area (Å²) >= 11 is 1.75. The van der Waals surface area contributed by atoms with Gasteiger partial charge in [0.1, 0.15) is 15.1 Å². The van der Waals surface area contributed by atoms with E-state index >= 15 is 0 Å². The van der Waals surface area contributed by atoms with E-state index in [0.29, 0.717) is 5.82 Å². The van der Waals surface area contributed by atoms with Gasteiger partial charge in [-0.05, 0) is 53.3 Å². The Kier molecular flexibility index (Phi) is 3.55. The highest BCUT2D eigenvalue weighted by atomic mass is 127. The van der Waals surface area contributed by atoms with E-state index in [9.17, 15) is 9.90 Å². The third-order valence-corrected chi connectivity index (χ3v) is 3.49. The van der Waals surface area contributed by atoms with Crippen molar-refractivity contribution in [1.29, 1.82) is 0 Å². The summed E-state index contributed by atoms with van der Waals surface area (Å²) in [6.07, 6.45) is 0. The van der Waals surface area contributed by atoms with Crippen LogP contribution in [0, 0.1) is 10.5 Å². The van der Waals surface area contributed by atoms with E-state index in [1.165, 1.54) is 0 Å². The fourth-order valence-electron chi connectivity index (χ4n) is 1.61. The molecule has 0 amide bonds. The van der Waals surface area contributed by atoms with E-state index in [1.807, 2.05) is 13.0 Å². The van der Waals surface area contributed by atoms with E-state index in [1.54, 1.807) is 41.8 Å². The Morgan fingerprint density at radius 1 is 1.44 bits per heavy atom. The molecule has 0 saturated heterocycles. The molecule has 0 aliphatic carbocycles. The molecule has 0 atom stereocenters. The molecule has 0 unspecified atom stereocenters. The minimum atomic E-state index is -0.355. The first kappa shape index (κ1) is 12.9. The Balaban J connectivity index is 2.56. The van der Waals surface area contributed by atoms with Crippen LogP contribution in [0.25, 0.3) is 11.4 Å². The smallest absolute Gasteiger partial charge is 0.268 e. The second-order valence-corrected chi connectivity index (χ2v) is 4.82. The summed E-state index contributed by atoms with van der Waals surface area (Å²) in [6.45, 7) is 1.90. The maximum Gasteiger partial charge on any atom is 0.268 e. The molecule has 94 valence electrons. The van der Waals surface area contributed by atoms with Crippen LogP contribution < -0.4 is 10.3 Å². The average Bonchev–Trinajstić information content (AvgIpc) is 2.35. The minimum absolute atomic E-state index is 0.182. The Hall–Kier alpha value is -1.57. The zero-order valence-electron chi connectivity index (χ0n) is 9.82. The number of hydrogen-bond acceptors (Lipinski definition) is 4. The molecule has 0 radical (unpaired) electrons. The van der Waals surface area contributed by atoms with Crippen LogP contribution in [0.15, 0.2) is 23.0 Å². The molecule has 2 aromatic rings. The predicted octanol–water partition coefficient (Wildman–Crippen LogP) is 2.06. The molecule has 2 N–H and O–H groups in total. The molecule has 1 heterocycles. The number of ether oxygens (including phenoxy) is 1. The maximum atomic E-state index is 11.6. The fourth-order valence-corrected chi connectivity index (χ4v) is 1.86. The van der Waals surface area contributed by atoms with Crippen molar-refractivity contribution in [1.82, 2.24) is 9.97 Å². The van der Waals surface area contributed by atoms with Crippen molar-refractivity contribution >= 4 is 22.6 Å². The van der Waals surface area contributed by atoms with E-state index in [2.05, 4.69) is 9.97 Å². The maximum absolute atomic E-state index is 11.6. The lowest BCUT2D eigenvalue weighted by Crippen LogP contribution is -2.12. The summed E-state index contributed by atoms with van der Waals surface area (Å²) in [6, 6.07) is 5.40. The lowest BCUT2D eigenvalue weighted by molar-refractivity contribution is 0.412. The molecule has 5 nitrogen and oxygen atoms in total. The van der Waals surface area contributed by atoms with Crippen LogP contribution in [0.1, 0.15) is 5.56 Å². The van der Waals surface area contributed by atoms with Gasteiger partial charge in [-0.2, -0.15) is 4.98 Å². The first-order valence-corrected chi connectivity index (χ1v) is 6.24. The van der Waals surface area contributed by atoms with Gasteiger partial charge < -0.3 is 14.8 Å². The number of benzene rings is 1. The van der Waals surface area contributed by atoms with Gasteiger partial charge in [0.25, 0.3) is 5.56 Å². The molecule has 1 aromatic heterocycles. The standard InChI is InChI=1S/C12H11IN2O3/c1-6-5-7(3-4-8(6)18-2)10-14-11(16)9(13)12(17)15-10/h3-5H,1-2H3,(H2,14,15,16,17). The number of aromatic nitrogens is 2. The van der Waals surface area contributed by atoms with Crippen LogP contribution in [-0.2, 0) is 0 Å². The molecule has 2 rings (SSSR count). The van der Waals surface area contributed by atoms with Gasteiger partial charge in [0.05, 0.1) is 7.11 Å². The molecule has 0 bridgehead atoms. The van der Waals surface area contributed by atoms with Crippen molar-refractivity contribution in [2.75, 3.05) is 7.11 Å². The van der Waals surface area contributed by atoms with Gasteiger partial charge in [0.2, 0.25) is 5.88 Å². The molecule has 0 saturated carbocycles. The van der Waals surface area contributed by atoms with Gasteiger partial charge in [0.15, 0.2) is 0 Å². The Bertz CT molecular complexity index is 652. The number of rotatable bonds is 2. The van der Waals surface area contributed by atoms with Crippen LogP contribution in [-0.4, -0.2) is 22.2 Å². The van der Waals surface area contributed by atoms with E-state index in [-0.39, 0.29) is 15.0 Å². The highest BCUT2D eigenvalue weighted by Gasteiger charge is 2.10. The quantitative estimate of drug-likeness (QED) is 0.806. The van der Waals surface area contributed by atoms with Gasteiger partial charge in [-0.25, -0.2) is 0 Å². The third kappa shape index (κ3) is 2.33. The van der Waals surface area contributed by atoms with Crippen molar-refractivity contribution in [3.05, 3.63) is 37.7 Å². The Morgan fingerprint density at radius 3 is 2.72 bits per heavy atom. The summed E-state index contributed by atoms with van der Waals surface area (Å²) in [5.74, 6) is 0.835. The summed E-state index contributed by atoms with van der Waals surface area (Å²) in [4.78, 5) is 18.1. The Labute approximate surface area is 117 Å². The van der Waals surface area contributed by atoms with E-state index in [0.717, 1.165) is 16.9 Å². The average molecular weight is 358 g/mol. The molecule has 0 fully saturated rings. The summed E-state index contributed by atoms with van der Waals surface area (Å²) in [7, 11) is 1.60. The summed E-state index contributed by atoms with van der Waals surface area (Å²) in [5, 5.41) is 9.55. The minimum Gasteiger partial charge on any atom is -0.496 e. The fraction of sp³-hybridized carbons (Fsp3) is 0.167. The van der Waals surface area contributed by atoms with E-state index < -0.39 is 0 Å². The largest absolute Gasteiger partial charge is 0.496 e. The molecule has 18 heavy (non-hydrogen) atoms. The van der Waals surface area contributed by atoms with Gasteiger partial charge in [0, 0.05) is 5.56 Å². The molecular weight excluding hydrogens is 347 g/mol. The van der Waals surface area contributed by atoms with Gasteiger partial charge in [-0.3, -0.25) is 4.79 Å². The van der Waals surface area contributed by atoms with Gasteiger partial charge in [-0.15, -0.1) is 0 Å². The van der Waals surface area contributed by atoms with Gasteiger partial charge >= 0.3 is 0 Å². The molecular formula is C12H11IN2O3. The SMILES string of the molecule is COc1ccc(-c2nc(O)c(I)c(=O)[nH]2)cc1C. The van der Waals surface area contributed by atoms with Crippen molar-refractivity contribution in [3.63, 3.8) is 0 Å². The zero-order chi connectivity index (χ0) is 13.3. The monoisotopic (exact) mass is 358 g/mol. The number of hydrogen-bond donors (Lipinski definition) is 2. The number of aryl methyl sites for hydroxylation is 1. The highest BCUT2D eigenvalue weighted by molar-refractivity contribution is 14.1. The lowest BCUT2D eigenvalue weighted by atomic mass is 10.1. The molecule has 6 heteroatoms. The molecule has 1 aromatic carbocycles. The molecule has 0 aliphatic rings. The predicted molar refractivity (Wildman–Crippen MR) is 76.0 cm³/mol. The lowest BCUT2D eigenvalue weighted by Gasteiger charge is -2.07. The number of nitrogens with zero attached hydrogens (tertiary/aromatic N) is 1. The zero-order valence-corrected chi connectivity index (χ0v) is 12.0. The molecule has 0 spiro atoms. The highest BCUT2D eigenvalue weighted by Crippen LogP contribution is 2.24. The summed E-state index contributed by atoms with van der Waals surface area (Å²) in [5.41, 5.74) is 1.29. The Morgan fingerprint density at radius 2 is 2.17 bits per heavy atom. The van der Waals surface area contributed by atoms with Crippen LogP contribution >= 0.6 is 22.6 Å². The van der Waals surface area contributed by atoms with Crippen molar-refractivity contribution in [2.24, 2.45) is 0 Å². The van der Waals surface area contributed by atoms with Crippen molar-refractivity contribution < 1.29 is 9.84 Å². The second-order valence-electron chi connectivity index (χ2n) is 3.74. The topological polar surface area (TPSA) is 75.2 Å². The van der Waals surface area contributed by atoms with E-state index in [4.69, 9.17) is 4.74 Å². The van der Waals surface area contributed by atoms with Gasteiger partial charge in [-0.1, -0.05) is 0 Å². The van der Waals surface area contributed by atoms with Crippen LogP contribution in [0.5, 0.6) is 11.6 Å². The number of aromatic hydroxyl groups is 1. The number of nitrogens with one attached hydrogen (secondary N) is 1. The summed E-state index contributed by atoms with van der Waals surface area (Å²) < 4.78 is 5.34. The van der Waals surface area contributed by atoms with Crippen LogP contribution in [0.3, 0.4) is 0 Å². The third-order valence-electron chi connectivity index (χ3n) is 2.51. The number of halogens is 1. The molecule has 0 aliphatic heterocycles. The van der Waals surface area contributed by atoms with Crippen LogP contribution in [0.4, 0.5) is 0 Å².